The monoisotopic (exact) mass is 341 g/mol. The van der Waals surface area contributed by atoms with E-state index in [2.05, 4.69) is 12.2 Å². The molecule has 0 aromatic heterocycles. The fourth-order valence-corrected chi connectivity index (χ4v) is 2.86. The van der Waals surface area contributed by atoms with Gasteiger partial charge in [-0.2, -0.15) is 0 Å². The first-order valence-electron chi connectivity index (χ1n) is 10.1. The van der Waals surface area contributed by atoms with Gasteiger partial charge in [-0.05, 0) is 6.42 Å². The van der Waals surface area contributed by atoms with Gasteiger partial charge in [-0.1, -0.05) is 90.4 Å². The number of nitrogens with one attached hydrogen (secondary N) is 1. The molecule has 0 spiro atoms. The summed E-state index contributed by atoms with van der Waals surface area (Å²) >= 11 is 0. The minimum absolute atomic E-state index is 0.0788. The van der Waals surface area contributed by atoms with Crippen LogP contribution in [0.4, 0.5) is 0 Å². The molecule has 0 fully saturated rings. The highest BCUT2D eigenvalue weighted by Gasteiger charge is 2.03. The maximum absolute atomic E-state index is 11.3. The standard InChI is InChI=1S/C20H39NO3/c1-2-3-4-5-6-7-8-9-10-11-12-13-14-15-18-21-19(22)16-17-20(23)24/h2-18H2,1H3,(H,21,22)(H,23,24). The minimum Gasteiger partial charge on any atom is -0.481 e. The van der Waals surface area contributed by atoms with Gasteiger partial charge in [0.2, 0.25) is 5.91 Å². The van der Waals surface area contributed by atoms with Crippen LogP contribution < -0.4 is 5.32 Å². The summed E-state index contributed by atoms with van der Waals surface area (Å²) in [6.07, 6.45) is 18.5. The van der Waals surface area contributed by atoms with Crippen molar-refractivity contribution in [3.8, 4) is 0 Å². The molecule has 0 bridgehead atoms. The highest BCUT2D eigenvalue weighted by atomic mass is 16.4. The number of amides is 1. The Morgan fingerprint density at radius 3 is 1.50 bits per heavy atom. The Balaban J connectivity index is 3.10. The molecule has 0 aromatic carbocycles. The van der Waals surface area contributed by atoms with E-state index in [1.807, 2.05) is 0 Å². The number of hydrogen-bond acceptors (Lipinski definition) is 2. The molecule has 142 valence electrons. The van der Waals surface area contributed by atoms with Crippen LogP contribution in [-0.2, 0) is 9.59 Å². The van der Waals surface area contributed by atoms with Gasteiger partial charge in [-0.3, -0.25) is 9.59 Å². The van der Waals surface area contributed by atoms with E-state index < -0.39 is 5.97 Å². The van der Waals surface area contributed by atoms with Crippen molar-refractivity contribution < 1.29 is 14.7 Å². The van der Waals surface area contributed by atoms with Gasteiger partial charge in [-0.15, -0.1) is 0 Å². The third kappa shape index (κ3) is 19.0. The van der Waals surface area contributed by atoms with Crippen molar-refractivity contribution in [1.29, 1.82) is 0 Å². The number of rotatable bonds is 18. The average molecular weight is 342 g/mol. The lowest BCUT2D eigenvalue weighted by molar-refractivity contribution is -0.138. The summed E-state index contributed by atoms with van der Waals surface area (Å²) < 4.78 is 0. The van der Waals surface area contributed by atoms with Crippen LogP contribution in [0, 0.1) is 0 Å². The summed E-state index contributed by atoms with van der Waals surface area (Å²) in [5, 5.41) is 11.3. The van der Waals surface area contributed by atoms with E-state index in [1.165, 1.54) is 77.0 Å². The number of carbonyl (C=O) groups excluding carboxylic acids is 1. The SMILES string of the molecule is CCCCCCCCCCCCCCCCNC(=O)CCC(=O)O. The average Bonchev–Trinajstić information content (AvgIpc) is 2.56. The van der Waals surface area contributed by atoms with E-state index in [4.69, 9.17) is 5.11 Å². The second kappa shape index (κ2) is 18.3. The lowest BCUT2D eigenvalue weighted by Crippen LogP contribution is -2.24. The quantitative estimate of drug-likeness (QED) is 0.326. The highest BCUT2D eigenvalue weighted by molar-refractivity contribution is 5.80. The van der Waals surface area contributed by atoms with Crippen LogP contribution in [0.5, 0.6) is 0 Å². The second-order valence-corrected chi connectivity index (χ2v) is 6.84. The lowest BCUT2D eigenvalue weighted by atomic mass is 10.0. The van der Waals surface area contributed by atoms with E-state index in [-0.39, 0.29) is 18.7 Å². The number of carboxylic acids is 1. The Morgan fingerprint density at radius 2 is 1.08 bits per heavy atom. The zero-order valence-electron chi connectivity index (χ0n) is 15.8. The van der Waals surface area contributed by atoms with Crippen LogP contribution >= 0.6 is 0 Å². The maximum atomic E-state index is 11.3. The smallest absolute Gasteiger partial charge is 0.303 e. The Labute approximate surface area is 148 Å². The fraction of sp³-hybridized carbons (Fsp3) is 0.900. The molecule has 1 amide bonds. The number of aliphatic carboxylic acids is 1. The molecule has 0 heterocycles. The van der Waals surface area contributed by atoms with Crippen molar-refractivity contribution in [2.75, 3.05) is 6.54 Å². The Morgan fingerprint density at radius 1 is 0.667 bits per heavy atom. The Hall–Kier alpha value is -1.06. The summed E-state index contributed by atoms with van der Waals surface area (Å²) in [6, 6.07) is 0. The largest absolute Gasteiger partial charge is 0.481 e. The summed E-state index contributed by atoms with van der Waals surface area (Å²) in [4.78, 5) is 21.6. The summed E-state index contributed by atoms with van der Waals surface area (Å²) in [7, 11) is 0. The highest BCUT2D eigenvalue weighted by Crippen LogP contribution is 2.12. The van der Waals surface area contributed by atoms with Crippen molar-refractivity contribution in [2.24, 2.45) is 0 Å². The molecule has 0 aliphatic heterocycles. The fourth-order valence-electron chi connectivity index (χ4n) is 2.86. The van der Waals surface area contributed by atoms with Crippen LogP contribution in [0.3, 0.4) is 0 Å². The van der Waals surface area contributed by atoms with Crippen LogP contribution in [0.15, 0.2) is 0 Å². The molecule has 0 saturated carbocycles. The molecule has 0 rings (SSSR count). The number of carboxylic acid groups (broad SMARTS) is 1. The predicted molar refractivity (Wildman–Crippen MR) is 100 cm³/mol. The molecular formula is C20H39NO3. The van der Waals surface area contributed by atoms with Crippen molar-refractivity contribution >= 4 is 11.9 Å². The number of carbonyl (C=O) groups is 2. The van der Waals surface area contributed by atoms with Gasteiger partial charge in [0.05, 0.1) is 6.42 Å². The van der Waals surface area contributed by atoms with Gasteiger partial charge >= 0.3 is 5.97 Å². The van der Waals surface area contributed by atoms with Crippen LogP contribution in [0.1, 0.15) is 110 Å². The maximum Gasteiger partial charge on any atom is 0.303 e. The van der Waals surface area contributed by atoms with Gasteiger partial charge < -0.3 is 10.4 Å². The van der Waals surface area contributed by atoms with Crippen molar-refractivity contribution in [3.63, 3.8) is 0 Å². The molecule has 0 radical (unpaired) electrons. The molecule has 24 heavy (non-hydrogen) atoms. The molecule has 2 N–H and O–H groups in total. The first kappa shape index (κ1) is 22.9. The van der Waals surface area contributed by atoms with Gasteiger partial charge in [-0.25, -0.2) is 0 Å². The lowest BCUT2D eigenvalue weighted by Gasteiger charge is -2.05. The molecule has 4 heteroatoms. The normalized spacial score (nSPS) is 10.7. The van der Waals surface area contributed by atoms with Crippen molar-refractivity contribution in [2.45, 2.75) is 110 Å². The van der Waals surface area contributed by atoms with Crippen molar-refractivity contribution in [3.05, 3.63) is 0 Å². The Bertz CT molecular complexity index is 305. The van der Waals surface area contributed by atoms with Gasteiger partial charge in [0, 0.05) is 13.0 Å². The van der Waals surface area contributed by atoms with Crippen LogP contribution in [0.2, 0.25) is 0 Å². The molecular weight excluding hydrogens is 302 g/mol. The summed E-state index contributed by atoms with van der Waals surface area (Å²) in [5.41, 5.74) is 0. The summed E-state index contributed by atoms with van der Waals surface area (Å²) in [6.45, 7) is 2.94. The van der Waals surface area contributed by atoms with E-state index in [9.17, 15) is 9.59 Å². The van der Waals surface area contributed by atoms with E-state index in [1.54, 1.807) is 0 Å². The van der Waals surface area contributed by atoms with Gasteiger partial charge in [0.15, 0.2) is 0 Å². The summed E-state index contributed by atoms with van der Waals surface area (Å²) in [5.74, 6) is -1.06. The van der Waals surface area contributed by atoms with E-state index in [0.29, 0.717) is 6.54 Å². The van der Waals surface area contributed by atoms with E-state index >= 15 is 0 Å². The third-order valence-electron chi connectivity index (χ3n) is 4.42. The molecule has 0 aliphatic rings. The molecule has 4 nitrogen and oxygen atoms in total. The first-order valence-corrected chi connectivity index (χ1v) is 10.1. The van der Waals surface area contributed by atoms with Crippen molar-refractivity contribution in [1.82, 2.24) is 5.32 Å². The van der Waals surface area contributed by atoms with Crippen LogP contribution in [-0.4, -0.2) is 23.5 Å². The van der Waals surface area contributed by atoms with Gasteiger partial charge in [0.1, 0.15) is 0 Å². The topological polar surface area (TPSA) is 66.4 Å². The second-order valence-electron chi connectivity index (χ2n) is 6.84. The molecule has 0 unspecified atom stereocenters. The number of unbranched alkanes of at least 4 members (excludes halogenated alkanes) is 13. The zero-order valence-corrected chi connectivity index (χ0v) is 15.8. The number of hydrogen-bond donors (Lipinski definition) is 2. The molecule has 0 aromatic rings. The zero-order chi connectivity index (χ0) is 17.9. The van der Waals surface area contributed by atoms with E-state index in [0.717, 1.165) is 12.8 Å². The van der Waals surface area contributed by atoms with Crippen LogP contribution in [0.25, 0.3) is 0 Å². The third-order valence-corrected chi connectivity index (χ3v) is 4.42. The molecule has 0 saturated heterocycles. The minimum atomic E-state index is -0.915. The molecule has 0 aliphatic carbocycles. The van der Waals surface area contributed by atoms with Gasteiger partial charge in [0.25, 0.3) is 0 Å². The Kier molecular flexibility index (Phi) is 17.5. The molecule has 0 atom stereocenters. The predicted octanol–water partition coefficient (Wildman–Crippen LogP) is 5.45. The first-order chi connectivity index (χ1) is 11.7.